The van der Waals surface area contributed by atoms with Gasteiger partial charge in [0.15, 0.2) is 0 Å². The van der Waals surface area contributed by atoms with Crippen LogP contribution in [0.1, 0.15) is 23.1 Å². The average molecular weight is 817 g/mol. The molecule has 324 valence electrons. The van der Waals surface area contributed by atoms with Crippen molar-refractivity contribution < 1.29 is 66.7 Å². The minimum atomic E-state index is -0.876. The molecule has 0 radical (unpaired) electrons. The fourth-order valence-corrected chi connectivity index (χ4v) is 5.48. The monoisotopic (exact) mass is 816 g/mol. The molecule has 0 aliphatic carbocycles. The molecule has 14 nitrogen and oxygen atoms in total. The van der Waals surface area contributed by atoms with Crippen molar-refractivity contribution in [2.45, 2.75) is 12.0 Å². The summed E-state index contributed by atoms with van der Waals surface area (Å²) in [6.45, 7) is 10.4. The summed E-state index contributed by atoms with van der Waals surface area (Å²) in [6, 6.07) is 30.9. The number of rotatable bonds is 40. The van der Waals surface area contributed by atoms with Gasteiger partial charge < -0.3 is 61.9 Å². The molecule has 14 heteroatoms. The van der Waals surface area contributed by atoms with Gasteiger partial charge in [-0.2, -0.15) is 0 Å². The molecule has 0 saturated carbocycles. The van der Waals surface area contributed by atoms with Crippen LogP contribution < -0.4 is 0 Å². The van der Waals surface area contributed by atoms with Gasteiger partial charge in [0.05, 0.1) is 158 Å². The molecule has 0 aliphatic rings. The lowest BCUT2D eigenvalue weighted by Gasteiger charge is -2.36. The van der Waals surface area contributed by atoms with Crippen molar-refractivity contribution in [3.63, 3.8) is 0 Å². The van der Waals surface area contributed by atoms with Gasteiger partial charge in [0.25, 0.3) is 0 Å². The Morgan fingerprint density at radius 2 is 0.534 bits per heavy atom. The first kappa shape index (κ1) is 49.0. The maximum atomic E-state index is 10.4. The Kier molecular flexibility index (Phi) is 29.2. The molecule has 0 fully saturated rings. The van der Waals surface area contributed by atoms with Gasteiger partial charge >= 0.3 is 5.97 Å². The van der Waals surface area contributed by atoms with Gasteiger partial charge in [-0.25, -0.2) is 0 Å². The van der Waals surface area contributed by atoms with Crippen molar-refractivity contribution in [2.24, 2.45) is 0 Å². The van der Waals surface area contributed by atoms with E-state index in [0.717, 1.165) is 16.7 Å². The molecule has 1 N–H and O–H groups in total. The summed E-state index contributed by atoms with van der Waals surface area (Å²) >= 11 is 0. The summed E-state index contributed by atoms with van der Waals surface area (Å²) in [6.07, 6.45) is -0.00545. The quantitative estimate of drug-likeness (QED) is 0.0627. The number of carbonyl (C=O) groups is 1. The predicted molar refractivity (Wildman–Crippen MR) is 216 cm³/mol. The van der Waals surface area contributed by atoms with Crippen LogP contribution in [0.3, 0.4) is 0 Å². The van der Waals surface area contributed by atoms with Crippen LogP contribution in [0.5, 0.6) is 0 Å². The zero-order chi connectivity index (χ0) is 40.9. The molecule has 0 aromatic heterocycles. The molecule has 0 atom stereocenters. The van der Waals surface area contributed by atoms with Crippen molar-refractivity contribution in [1.29, 1.82) is 0 Å². The number of benzene rings is 3. The zero-order valence-corrected chi connectivity index (χ0v) is 33.9. The van der Waals surface area contributed by atoms with Crippen molar-refractivity contribution in [3.05, 3.63) is 108 Å². The molecule has 3 aromatic rings. The van der Waals surface area contributed by atoms with Gasteiger partial charge in [-0.05, 0) is 16.7 Å². The minimum absolute atomic E-state index is 0.00545. The molecule has 0 bridgehead atoms. The van der Waals surface area contributed by atoms with Crippen LogP contribution in [0, 0.1) is 0 Å². The Bertz CT molecular complexity index is 1260. The Hall–Kier alpha value is -3.35. The zero-order valence-electron chi connectivity index (χ0n) is 33.9. The van der Waals surface area contributed by atoms with Gasteiger partial charge in [-0.15, -0.1) is 0 Å². The smallest absolute Gasteiger partial charge is 0.305 e. The van der Waals surface area contributed by atoms with E-state index >= 15 is 0 Å². The lowest BCUT2D eigenvalue weighted by molar-refractivity contribution is -0.138. The number of carboxylic acids is 1. The van der Waals surface area contributed by atoms with Crippen molar-refractivity contribution in [2.75, 3.05) is 152 Å². The fraction of sp³-hybridized carbons (Fsp3) is 0.568. The third kappa shape index (κ3) is 22.7. The van der Waals surface area contributed by atoms with E-state index in [2.05, 4.69) is 36.4 Å². The van der Waals surface area contributed by atoms with E-state index in [-0.39, 0.29) is 13.0 Å². The topological polar surface area (TPSA) is 148 Å². The Morgan fingerprint density at radius 1 is 0.328 bits per heavy atom. The van der Waals surface area contributed by atoms with Crippen LogP contribution in [0.2, 0.25) is 0 Å². The van der Waals surface area contributed by atoms with Crippen molar-refractivity contribution in [3.8, 4) is 0 Å². The molecular formula is C44H64O14. The maximum absolute atomic E-state index is 10.4. The lowest BCUT2D eigenvalue weighted by Crippen LogP contribution is -2.34. The molecular weight excluding hydrogens is 752 g/mol. The van der Waals surface area contributed by atoms with Crippen LogP contribution in [0.4, 0.5) is 0 Å². The first-order valence-corrected chi connectivity index (χ1v) is 20.1. The molecule has 0 amide bonds. The van der Waals surface area contributed by atoms with Crippen LogP contribution in [-0.4, -0.2) is 163 Å². The Morgan fingerprint density at radius 3 is 0.759 bits per heavy atom. The summed E-state index contributed by atoms with van der Waals surface area (Å²) in [5, 5.41) is 8.51. The third-order valence-corrected chi connectivity index (χ3v) is 8.27. The number of hydrogen-bond acceptors (Lipinski definition) is 13. The molecule has 0 spiro atoms. The second-order valence-electron chi connectivity index (χ2n) is 12.5. The highest BCUT2D eigenvalue weighted by atomic mass is 16.6. The van der Waals surface area contributed by atoms with Gasteiger partial charge in [0.1, 0.15) is 5.60 Å². The van der Waals surface area contributed by atoms with Crippen molar-refractivity contribution in [1.82, 2.24) is 0 Å². The van der Waals surface area contributed by atoms with Crippen LogP contribution in [0.15, 0.2) is 91.0 Å². The van der Waals surface area contributed by atoms with Crippen molar-refractivity contribution >= 4 is 5.97 Å². The summed E-state index contributed by atoms with van der Waals surface area (Å²) in [7, 11) is 0. The highest BCUT2D eigenvalue weighted by molar-refractivity contribution is 5.66. The number of aliphatic carboxylic acids is 1. The highest BCUT2D eigenvalue weighted by Crippen LogP contribution is 2.40. The van der Waals surface area contributed by atoms with Gasteiger partial charge in [0, 0.05) is 0 Å². The first-order valence-electron chi connectivity index (χ1n) is 20.1. The normalized spacial score (nSPS) is 11.7. The van der Waals surface area contributed by atoms with Crippen LogP contribution in [-0.2, 0) is 67.2 Å². The second kappa shape index (κ2) is 34.5. The largest absolute Gasteiger partial charge is 0.481 e. The molecule has 3 aromatic carbocycles. The van der Waals surface area contributed by atoms with E-state index in [1.165, 1.54) is 0 Å². The molecule has 0 unspecified atom stereocenters. The molecule has 58 heavy (non-hydrogen) atoms. The van der Waals surface area contributed by atoms with E-state index in [9.17, 15) is 4.79 Å². The lowest BCUT2D eigenvalue weighted by atomic mass is 9.80. The van der Waals surface area contributed by atoms with Crippen LogP contribution in [0.25, 0.3) is 0 Å². The van der Waals surface area contributed by atoms with E-state index < -0.39 is 11.6 Å². The summed E-state index contributed by atoms with van der Waals surface area (Å²) in [5.41, 5.74) is 2.43. The SMILES string of the molecule is O=C(O)CCOCCOCCOCCOCCOCCOCCOCCOCCOCCOCCOCCOC(c1ccccc1)(c1ccccc1)c1ccccc1. The molecule has 0 heterocycles. The highest BCUT2D eigenvalue weighted by Gasteiger charge is 2.37. The van der Waals surface area contributed by atoms with E-state index in [0.29, 0.717) is 145 Å². The number of hydrogen-bond donors (Lipinski definition) is 1. The van der Waals surface area contributed by atoms with E-state index in [1.54, 1.807) is 0 Å². The van der Waals surface area contributed by atoms with Crippen LogP contribution >= 0.6 is 0 Å². The Balaban J connectivity index is 1.03. The van der Waals surface area contributed by atoms with E-state index in [4.69, 9.17) is 61.9 Å². The predicted octanol–water partition coefficient (Wildman–Crippen LogP) is 4.65. The fourth-order valence-electron chi connectivity index (χ4n) is 5.48. The summed E-state index contributed by atoms with van der Waals surface area (Å²) in [5.74, 6) is -0.876. The molecule has 3 rings (SSSR count). The van der Waals surface area contributed by atoms with Gasteiger partial charge in [-0.1, -0.05) is 91.0 Å². The first-order chi connectivity index (χ1) is 28.7. The van der Waals surface area contributed by atoms with Gasteiger partial charge in [0.2, 0.25) is 0 Å². The summed E-state index contributed by atoms with van der Waals surface area (Å²) in [4.78, 5) is 10.4. The minimum Gasteiger partial charge on any atom is -0.481 e. The number of carboxylic acid groups (broad SMARTS) is 1. The second-order valence-corrected chi connectivity index (χ2v) is 12.5. The molecule has 0 saturated heterocycles. The Labute approximate surface area is 343 Å². The standard InChI is InChI=1S/C44H64O14/c45-43(46)16-17-47-18-19-48-20-21-49-22-23-50-24-25-51-26-27-52-28-29-53-30-31-54-32-33-55-34-35-56-36-37-57-38-39-58-44(40-10-4-1-5-11-40,41-12-6-2-7-13-41)42-14-8-3-9-15-42/h1-15H,16-39H2,(H,45,46). The summed E-state index contributed by atoms with van der Waals surface area (Å²) < 4.78 is 67.2. The third-order valence-electron chi connectivity index (χ3n) is 8.27. The van der Waals surface area contributed by atoms with E-state index in [1.807, 2.05) is 54.6 Å². The molecule has 0 aliphatic heterocycles. The average Bonchev–Trinajstić information content (AvgIpc) is 3.25. The maximum Gasteiger partial charge on any atom is 0.305 e. The number of ether oxygens (including phenoxy) is 12. The van der Waals surface area contributed by atoms with Gasteiger partial charge in [-0.3, -0.25) is 4.79 Å².